The first kappa shape index (κ1) is 20.2. The van der Waals surface area contributed by atoms with Gasteiger partial charge in [-0.15, -0.1) is 0 Å². The van der Waals surface area contributed by atoms with E-state index in [9.17, 15) is 4.79 Å². The Morgan fingerprint density at radius 2 is 1.85 bits per heavy atom. The largest absolute Gasteiger partial charge is 0.380 e. The number of piperidine rings is 2. The molecule has 5 heteroatoms. The molecule has 1 atom stereocenters. The van der Waals surface area contributed by atoms with Crippen LogP contribution in [-0.4, -0.2) is 55.2 Å². The summed E-state index contributed by atoms with van der Waals surface area (Å²) in [4.78, 5) is 17.1. The Hall–Kier alpha value is -1.59. The third-order valence-corrected chi connectivity index (χ3v) is 6.18. The maximum atomic E-state index is 12.5. The molecule has 2 aliphatic rings. The van der Waals surface area contributed by atoms with Crippen molar-refractivity contribution >= 4 is 11.7 Å². The molecule has 0 spiro atoms. The number of hydrogen-bond acceptors (Lipinski definition) is 3. The lowest BCUT2D eigenvalue weighted by molar-refractivity contribution is 0.134. The minimum Gasteiger partial charge on any atom is -0.380 e. The maximum Gasteiger partial charge on any atom is 0.321 e. The van der Waals surface area contributed by atoms with Gasteiger partial charge in [-0.3, -0.25) is 0 Å². The number of likely N-dealkylation sites (tertiary alicyclic amines) is 2. The lowest BCUT2D eigenvalue weighted by atomic mass is 9.92. The van der Waals surface area contributed by atoms with E-state index in [2.05, 4.69) is 17.1 Å². The number of methoxy groups -OCH3 is 1. The van der Waals surface area contributed by atoms with Gasteiger partial charge in [0.05, 0.1) is 6.61 Å². The second kappa shape index (κ2) is 10.1. The Bertz CT molecular complexity index is 582. The third-order valence-electron chi connectivity index (χ3n) is 6.18. The van der Waals surface area contributed by atoms with Crippen molar-refractivity contribution in [3.8, 4) is 0 Å². The summed E-state index contributed by atoms with van der Waals surface area (Å²) in [5.41, 5.74) is 1.96. The van der Waals surface area contributed by atoms with Gasteiger partial charge in [-0.1, -0.05) is 18.6 Å². The van der Waals surface area contributed by atoms with Crippen LogP contribution >= 0.6 is 0 Å². The average Bonchev–Trinajstić information content (AvgIpc) is 2.69. The van der Waals surface area contributed by atoms with E-state index in [1.807, 2.05) is 29.2 Å². The number of hydrogen-bond donors (Lipinski definition) is 1. The summed E-state index contributed by atoms with van der Waals surface area (Å²) in [5.74, 6) is 0.761. The molecule has 2 heterocycles. The maximum absolute atomic E-state index is 12.5. The molecule has 0 saturated carbocycles. The molecular weight excluding hydrogens is 338 g/mol. The number of carbonyl (C=O) groups excluding carboxylic acids is 1. The van der Waals surface area contributed by atoms with Gasteiger partial charge < -0.3 is 19.9 Å². The molecule has 0 aliphatic carbocycles. The normalized spacial score (nSPS) is 22.0. The first-order valence-corrected chi connectivity index (χ1v) is 10.5. The molecule has 150 valence electrons. The topological polar surface area (TPSA) is 44.8 Å². The first-order valence-electron chi connectivity index (χ1n) is 10.5. The Labute approximate surface area is 164 Å². The molecule has 2 fully saturated rings. The first-order chi connectivity index (χ1) is 13.2. The third kappa shape index (κ3) is 5.94. The van der Waals surface area contributed by atoms with Crippen LogP contribution in [0.3, 0.4) is 0 Å². The Kier molecular flexibility index (Phi) is 7.53. The van der Waals surface area contributed by atoms with Crippen LogP contribution in [0.1, 0.15) is 51.0 Å². The summed E-state index contributed by atoms with van der Waals surface area (Å²) in [6, 6.07) is 8.65. The smallest absolute Gasteiger partial charge is 0.321 e. The molecular formula is C22H35N3O2. The second-order valence-corrected chi connectivity index (χ2v) is 8.16. The standard InChI is InChI=1S/C22H35N3O2/c1-18-5-3-4-13-24(18)14-10-19-11-15-25(16-12-19)22(26)23-21-8-6-20(7-9-21)17-27-2/h6-9,18-19H,3-5,10-17H2,1-2H3,(H,23,26)/t18-/m0/s1. The predicted molar refractivity (Wildman–Crippen MR) is 110 cm³/mol. The highest BCUT2D eigenvalue weighted by Gasteiger charge is 2.24. The van der Waals surface area contributed by atoms with E-state index in [0.29, 0.717) is 6.61 Å². The highest BCUT2D eigenvalue weighted by Crippen LogP contribution is 2.24. The minimum absolute atomic E-state index is 0.0256. The van der Waals surface area contributed by atoms with E-state index in [1.54, 1.807) is 7.11 Å². The Morgan fingerprint density at radius 1 is 1.11 bits per heavy atom. The van der Waals surface area contributed by atoms with Crippen molar-refractivity contribution in [2.45, 2.75) is 58.1 Å². The number of rotatable bonds is 6. The zero-order valence-electron chi connectivity index (χ0n) is 17.0. The quantitative estimate of drug-likeness (QED) is 0.807. The van der Waals surface area contributed by atoms with Crippen LogP contribution in [0.5, 0.6) is 0 Å². The van der Waals surface area contributed by atoms with Crippen LogP contribution in [0.15, 0.2) is 24.3 Å². The summed E-state index contributed by atoms with van der Waals surface area (Å²) >= 11 is 0. The van der Waals surface area contributed by atoms with E-state index in [0.717, 1.165) is 49.1 Å². The highest BCUT2D eigenvalue weighted by atomic mass is 16.5. The molecule has 0 bridgehead atoms. The van der Waals surface area contributed by atoms with Crippen LogP contribution < -0.4 is 5.32 Å². The second-order valence-electron chi connectivity index (χ2n) is 8.16. The molecule has 1 aromatic carbocycles. The van der Waals surface area contributed by atoms with E-state index >= 15 is 0 Å². The van der Waals surface area contributed by atoms with Crippen LogP contribution in [-0.2, 0) is 11.3 Å². The van der Waals surface area contributed by atoms with E-state index in [1.165, 1.54) is 38.8 Å². The summed E-state index contributed by atoms with van der Waals surface area (Å²) in [6.45, 7) is 7.20. The fraction of sp³-hybridized carbons (Fsp3) is 0.682. The van der Waals surface area contributed by atoms with E-state index in [-0.39, 0.29) is 6.03 Å². The van der Waals surface area contributed by atoms with Gasteiger partial charge in [-0.25, -0.2) is 4.79 Å². The van der Waals surface area contributed by atoms with Crippen molar-refractivity contribution in [2.75, 3.05) is 38.6 Å². The molecule has 5 nitrogen and oxygen atoms in total. The summed E-state index contributed by atoms with van der Waals surface area (Å²) in [7, 11) is 1.69. The number of benzene rings is 1. The molecule has 0 radical (unpaired) electrons. The molecule has 3 rings (SSSR count). The highest BCUT2D eigenvalue weighted by molar-refractivity contribution is 5.89. The van der Waals surface area contributed by atoms with Crippen molar-refractivity contribution in [2.24, 2.45) is 5.92 Å². The SMILES string of the molecule is COCc1ccc(NC(=O)N2CCC(CCN3CCCC[C@@H]3C)CC2)cc1. The monoisotopic (exact) mass is 373 g/mol. The molecule has 2 saturated heterocycles. The molecule has 2 amide bonds. The number of anilines is 1. The van der Waals surface area contributed by atoms with Gasteiger partial charge in [-0.05, 0) is 75.7 Å². The minimum atomic E-state index is 0.0256. The van der Waals surface area contributed by atoms with Crippen molar-refractivity contribution in [3.63, 3.8) is 0 Å². The molecule has 0 unspecified atom stereocenters. The van der Waals surface area contributed by atoms with E-state index < -0.39 is 0 Å². The van der Waals surface area contributed by atoms with Gasteiger partial charge in [0.1, 0.15) is 0 Å². The number of amides is 2. The lowest BCUT2D eigenvalue weighted by Gasteiger charge is -2.36. The van der Waals surface area contributed by atoms with Gasteiger partial charge in [0, 0.05) is 31.9 Å². The number of carbonyl (C=O) groups is 1. The molecule has 1 aromatic rings. The Morgan fingerprint density at radius 3 is 2.52 bits per heavy atom. The fourth-order valence-corrected chi connectivity index (χ4v) is 4.32. The number of ether oxygens (including phenoxy) is 1. The Balaban J connectivity index is 1.38. The molecule has 2 aliphatic heterocycles. The average molecular weight is 374 g/mol. The van der Waals surface area contributed by atoms with Crippen LogP contribution in [0.25, 0.3) is 0 Å². The van der Waals surface area contributed by atoms with Crippen LogP contribution in [0.2, 0.25) is 0 Å². The number of urea groups is 1. The van der Waals surface area contributed by atoms with Crippen molar-refractivity contribution < 1.29 is 9.53 Å². The lowest BCUT2D eigenvalue weighted by Crippen LogP contribution is -2.42. The van der Waals surface area contributed by atoms with Gasteiger partial charge in [-0.2, -0.15) is 0 Å². The summed E-state index contributed by atoms with van der Waals surface area (Å²) in [6.07, 6.45) is 7.63. The summed E-state index contributed by atoms with van der Waals surface area (Å²) in [5, 5.41) is 3.02. The molecule has 1 N–H and O–H groups in total. The molecule has 0 aromatic heterocycles. The van der Waals surface area contributed by atoms with Crippen molar-refractivity contribution in [3.05, 3.63) is 29.8 Å². The predicted octanol–water partition coefficient (Wildman–Crippen LogP) is 4.34. The number of nitrogens with one attached hydrogen (secondary N) is 1. The van der Waals surface area contributed by atoms with Gasteiger partial charge in [0.2, 0.25) is 0 Å². The van der Waals surface area contributed by atoms with Gasteiger partial charge in [0.25, 0.3) is 0 Å². The van der Waals surface area contributed by atoms with Gasteiger partial charge >= 0.3 is 6.03 Å². The van der Waals surface area contributed by atoms with E-state index in [4.69, 9.17) is 4.74 Å². The van der Waals surface area contributed by atoms with Crippen LogP contribution in [0.4, 0.5) is 10.5 Å². The van der Waals surface area contributed by atoms with Crippen molar-refractivity contribution in [1.82, 2.24) is 9.80 Å². The fourth-order valence-electron chi connectivity index (χ4n) is 4.32. The molecule has 27 heavy (non-hydrogen) atoms. The van der Waals surface area contributed by atoms with Gasteiger partial charge in [0.15, 0.2) is 0 Å². The van der Waals surface area contributed by atoms with Crippen LogP contribution in [0, 0.1) is 5.92 Å². The zero-order valence-corrected chi connectivity index (χ0v) is 17.0. The van der Waals surface area contributed by atoms with Crippen molar-refractivity contribution in [1.29, 1.82) is 0 Å². The zero-order chi connectivity index (χ0) is 19.1. The number of nitrogens with zero attached hydrogens (tertiary/aromatic N) is 2. The summed E-state index contributed by atoms with van der Waals surface area (Å²) < 4.78 is 5.12.